The van der Waals surface area contributed by atoms with Gasteiger partial charge in [0, 0.05) is 16.7 Å². The molecule has 1 aromatic carbocycles. The van der Waals surface area contributed by atoms with E-state index in [1.54, 1.807) is 12.1 Å². The fraction of sp³-hybridized carbons (Fsp3) is 0. The van der Waals surface area contributed by atoms with Crippen LogP contribution in [0.25, 0.3) is 0 Å². The second-order valence-electron chi connectivity index (χ2n) is 1.79. The fourth-order valence-corrected chi connectivity index (χ4v) is 0.771. The fourth-order valence-electron chi connectivity index (χ4n) is 0.591. The highest BCUT2D eigenvalue weighted by Gasteiger charge is 1.98. The molecule has 1 aromatic rings. The first-order chi connectivity index (χ1) is 4.70. The van der Waals surface area contributed by atoms with Crippen LogP contribution in [-0.2, 0) is 0 Å². The normalized spacial score (nSPS) is 9.30. The predicted octanol–water partition coefficient (Wildman–Crippen LogP) is 1.24. The van der Waals surface area contributed by atoms with E-state index >= 15 is 0 Å². The highest BCUT2D eigenvalue weighted by Crippen LogP contribution is 2.08. The number of primary amides is 1. The van der Waals surface area contributed by atoms with Gasteiger partial charge in [0.1, 0.15) is 0 Å². The number of nitrogens with two attached hydrogens (primary N) is 1. The van der Waals surface area contributed by atoms with Crippen LogP contribution in [0.1, 0.15) is 10.4 Å². The van der Waals surface area contributed by atoms with Gasteiger partial charge < -0.3 is 5.73 Å². The topological polar surface area (TPSA) is 43.1 Å². The Morgan fingerprint density at radius 3 is 2.80 bits per heavy atom. The Kier molecular flexibility index (Phi) is 1.92. The number of benzene rings is 1. The summed E-state index contributed by atoms with van der Waals surface area (Å²) < 4.78 is 0. The number of hydrogen-bond acceptors (Lipinski definition) is 1. The van der Waals surface area contributed by atoms with E-state index in [4.69, 9.17) is 17.3 Å². The Morgan fingerprint density at radius 2 is 2.40 bits per heavy atom. The van der Waals surface area contributed by atoms with E-state index in [1.807, 2.05) is 0 Å². The van der Waals surface area contributed by atoms with Gasteiger partial charge in [-0.15, -0.1) is 0 Å². The number of carbonyl (C=O) groups is 1. The average molecular weight is 155 g/mol. The molecule has 0 aliphatic heterocycles. The van der Waals surface area contributed by atoms with Crippen molar-refractivity contribution in [3.63, 3.8) is 0 Å². The van der Waals surface area contributed by atoms with Crippen molar-refractivity contribution in [2.75, 3.05) is 0 Å². The van der Waals surface area contributed by atoms with Crippen molar-refractivity contribution >= 4 is 17.5 Å². The second-order valence-corrected chi connectivity index (χ2v) is 2.20. The summed E-state index contributed by atoms with van der Waals surface area (Å²) in [7, 11) is 0. The summed E-state index contributed by atoms with van der Waals surface area (Å²) in [5.41, 5.74) is 5.38. The predicted molar refractivity (Wildman–Crippen MR) is 38.8 cm³/mol. The molecule has 2 nitrogen and oxygen atoms in total. The molecule has 1 rings (SSSR count). The first kappa shape index (κ1) is 7.09. The first-order valence-electron chi connectivity index (χ1n) is 2.67. The minimum absolute atomic E-state index is 0.399. The van der Waals surface area contributed by atoms with Crippen LogP contribution in [0.3, 0.4) is 0 Å². The van der Waals surface area contributed by atoms with Crippen molar-refractivity contribution in [2.24, 2.45) is 5.73 Å². The van der Waals surface area contributed by atoms with Gasteiger partial charge >= 0.3 is 0 Å². The number of amides is 1. The quantitative estimate of drug-likeness (QED) is 0.650. The van der Waals surface area contributed by atoms with Crippen molar-refractivity contribution in [1.82, 2.24) is 0 Å². The molecule has 1 amide bonds. The van der Waals surface area contributed by atoms with Gasteiger partial charge in [-0.05, 0) is 12.1 Å². The van der Waals surface area contributed by atoms with Gasteiger partial charge in [0.25, 0.3) is 0 Å². The highest BCUT2D eigenvalue weighted by molar-refractivity contribution is 6.30. The Bertz CT molecular complexity index is 260. The van der Waals surface area contributed by atoms with Gasteiger partial charge in [-0.3, -0.25) is 4.79 Å². The summed E-state index contributed by atoms with van der Waals surface area (Å²) in [6, 6.07) is 7.28. The minimum atomic E-state index is -0.476. The molecule has 0 bridgehead atoms. The maximum absolute atomic E-state index is 10.5. The highest BCUT2D eigenvalue weighted by atomic mass is 35.5. The molecule has 3 heteroatoms. The van der Waals surface area contributed by atoms with Crippen LogP contribution in [0.4, 0.5) is 0 Å². The maximum atomic E-state index is 10.5. The van der Waals surface area contributed by atoms with Gasteiger partial charge in [-0.25, -0.2) is 0 Å². The molecule has 0 atom stereocenters. The lowest BCUT2D eigenvalue weighted by Gasteiger charge is -1.92. The Hall–Kier alpha value is -1.02. The summed E-state index contributed by atoms with van der Waals surface area (Å²) in [5, 5.41) is 0.399. The lowest BCUT2D eigenvalue weighted by atomic mass is 10.2. The molecule has 0 unspecified atom stereocenters. The van der Waals surface area contributed by atoms with E-state index in [0.717, 1.165) is 0 Å². The Morgan fingerprint density at radius 1 is 1.70 bits per heavy atom. The summed E-state index contributed by atoms with van der Waals surface area (Å²) in [5.74, 6) is -0.476. The van der Waals surface area contributed by atoms with Crippen molar-refractivity contribution in [3.8, 4) is 0 Å². The van der Waals surface area contributed by atoms with Gasteiger partial charge in [0.2, 0.25) is 5.91 Å². The SMILES string of the molecule is NC(=O)c1cc[c]c(Cl)c1. The lowest BCUT2D eigenvalue weighted by molar-refractivity contribution is 0.100. The third kappa shape index (κ3) is 1.48. The van der Waals surface area contributed by atoms with Gasteiger partial charge in [0.15, 0.2) is 0 Å². The molecule has 0 aliphatic rings. The van der Waals surface area contributed by atoms with Crippen LogP contribution in [-0.4, -0.2) is 5.91 Å². The monoisotopic (exact) mass is 154 g/mol. The molecule has 0 aliphatic carbocycles. The lowest BCUT2D eigenvalue weighted by Crippen LogP contribution is -2.10. The van der Waals surface area contributed by atoms with Gasteiger partial charge in [-0.1, -0.05) is 17.7 Å². The van der Waals surface area contributed by atoms with E-state index in [0.29, 0.717) is 10.6 Å². The molecule has 0 spiro atoms. The summed E-state index contributed by atoms with van der Waals surface area (Å²) in [4.78, 5) is 10.5. The zero-order valence-electron chi connectivity index (χ0n) is 5.10. The maximum Gasteiger partial charge on any atom is 0.248 e. The molecule has 0 fully saturated rings. The molecule has 0 saturated carbocycles. The molecular formula is C7H5ClNO. The second kappa shape index (κ2) is 2.71. The molecule has 1 radical (unpaired) electrons. The van der Waals surface area contributed by atoms with Crippen LogP contribution in [0, 0.1) is 6.07 Å². The minimum Gasteiger partial charge on any atom is -0.366 e. The van der Waals surface area contributed by atoms with E-state index in [9.17, 15) is 4.79 Å². The first-order valence-corrected chi connectivity index (χ1v) is 3.05. The van der Waals surface area contributed by atoms with E-state index < -0.39 is 5.91 Å². The molecule has 10 heavy (non-hydrogen) atoms. The van der Waals surface area contributed by atoms with Gasteiger partial charge in [0.05, 0.1) is 0 Å². The Balaban J connectivity index is 3.07. The number of halogens is 1. The smallest absolute Gasteiger partial charge is 0.248 e. The number of carbonyl (C=O) groups excluding carboxylic acids is 1. The van der Waals surface area contributed by atoms with Crippen LogP contribution < -0.4 is 5.73 Å². The zero-order valence-corrected chi connectivity index (χ0v) is 5.85. The molecule has 0 saturated heterocycles. The van der Waals surface area contributed by atoms with E-state index in [1.165, 1.54) is 6.07 Å². The average Bonchev–Trinajstić information content (AvgIpc) is 1.88. The number of rotatable bonds is 1. The summed E-state index contributed by atoms with van der Waals surface area (Å²) >= 11 is 5.53. The molecule has 2 N–H and O–H groups in total. The third-order valence-electron chi connectivity index (χ3n) is 1.05. The number of hydrogen-bond donors (Lipinski definition) is 1. The van der Waals surface area contributed by atoms with Crippen LogP contribution >= 0.6 is 11.6 Å². The van der Waals surface area contributed by atoms with Gasteiger partial charge in [-0.2, -0.15) is 0 Å². The van der Waals surface area contributed by atoms with Crippen LogP contribution in [0.15, 0.2) is 18.2 Å². The van der Waals surface area contributed by atoms with E-state index in [2.05, 4.69) is 6.07 Å². The third-order valence-corrected chi connectivity index (χ3v) is 1.27. The van der Waals surface area contributed by atoms with E-state index in [-0.39, 0.29) is 0 Å². The largest absolute Gasteiger partial charge is 0.366 e. The van der Waals surface area contributed by atoms with Crippen molar-refractivity contribution < 1.29 is 4.79 Å². The standard InChI is InChI=1S/C7H5ClNO/c8-6-3-1-2-5(4-6)7(9)10/h1-2,4H,(H2,9,10). The van der Waals surface area contributed by atoms with Crippen molar-refractivity contribution in [3.05, 3.63) is 34.9 Å². The zero-order chi connectivity index (χ0) is 7.56. The Labute approximate surface area is 63.6 Å². The molecule has 0 aromatic heterocycles. The van der Waals surface area contributed by atoms with Crippen molar-refractivity contribution in [1.29, 1.82) is 0 Å². The van der Waals surface area contributed by atoms with Crippen molar-refractivity contribution in [2.45, 2.75) is 0 Å². The summed E-state index contributed by atoms with van der Waals surface area (Å²) in [6.45, 7) is 0. The molecule has 0 heterocycles. The van der Waals surface area contributed by atoms with Crippen LogP contribution in [0.5, 0.6) is 0 Å². The summed E-state index contributed by atoms with van der Waals surface area (Å²) in [6.07, 6.45) is 0. The van der Waals surface area contributed by atoms with Crippen LogP contribution in [0.2, 0.25) is 5.02 Å². The molecule has 51 valence electrons. The molecular weight excluding hydrogens is 150 g/mol.